The molecule has 0 unspecified atom stereocenters. The predicted octanol–water partition coefficient (Wildman–Crippen LogP) is 1.49. The SMILES string of the molecule is Cc1nc(CSc2nc(NC(CO)CO)c3sc(N)nc3n2)cs1. The first-order valence-electron chi connectivity index (χ1n) is 7.05. The summed E-state index contributed by atoms with van der Waals surface area (Å²) in [6.45, 7) is 1.54. The Morgan fingerprint density at radius 1 is 1.25 bits per heavy atom. The molecule has 3 heterocycles. The van der Waals surface area contributed by atoms with E-state index in [9.17, 15) is 10.2 Å². The molecule has 0 aromatic carbocycles. The van der Waals surface area contributed by atoms with Gasteiger partial charge in [-0.3, -0.25) is 0 Å². The highest BCUT2D eigenvalue weighted by Gasteiger charge is 2.16. The number of aliphatic hydroxyl groups excluding tert-OH is 2. The molecule has 0 radical (unpaired) electrons. The lowest BCUT2D eigenvalue weighted by atomic mass is 10.3. The number of fused-ring (bicyclic) bond motifs is 1. The number of thioether (sulfide) groups is 1. The minimum atomic E-state index is -0.509. The van der Waals surface area contributed by atoms with Crippen LogP contribution in [0.2, 0.25) is 0 Å². The molecule has 3 aromatic rings. The predicted molar refractivity (Wildman–Crippen MR) is 97.6 cm³/mol. The van der Waals surface area contributed by atoms with Crippen LogP contribution in [0.1, 0.15) is 10.7 Å². The Morgan fingerprint density at radius 2 is 2.04 bits per heavy atom. The van der Waals surface area contributed by atoms with Crippen LogP contribution in [0, 0.1) is 6.92 Å². The molecular formula is C13H16N6O2S3. The fourth-order valence-electron chi connectivity index (χ4n) is 1.94. The number of aryl methyl sites for hydroxylation is 1. The van der Waals surface area contributed by atoms with Gasteiger partial charge in [0.05, 0.1) is 30.0 Å². The molecule has 0 spiro atoms. The van der Waals surface area contributed by atoms with Gasteiger partial charge in [-0.05, 0) is 6.92 Å². The molecular weight excluding hydrogens is 368 g/mol. The van der Waals surface area contributed by atoms with Crippen molar-refractivity contribution in [3.05, 3.63) is 16.1 Å². The average molecular weight is 385 g/mol. The van der Waals surface area contributed by atoms with E-state index >= 15 is 0 Å². The largest absolute Gasteiger partial charge is 0.394 e. The Kier molecular flexibility index (Phi) is 5.46. The Hall–Kier alpha value is -1.53. The molecule has 5 N–H and O–H groups in total. The van der Waals surface area contributed by atoms with E-state index < -0.39 is 6.04 Å². The quantitative estimate of drug-likeness (QED) is 0.353. The number of nitrogens with zero attached hydrogens (tertiary/aromatic N) is 4. The van der Waals surface area contributed by atoms with E-state index in [-0.39, 0.29) is 13.2 Å². The van der Waals surface area contributed by atoms with Crippen molar-refractivity contribution in [3.63, 3.8) is 0 Å². The molecule has 0 fully saturated rings. The summed E-state index contributed by atoms with van der Waals surface area (Å²) in [5.41, 5.74) is 7.25. The highest BCUT2D eigenvalue weighted by atomic mass is 32.2. The van der Waals surface area contributed by atoms with Crippen molar-refractivity contribution in [2.24, 2.45) is 0 Å². The van der Waals surface area contributed by atoms with Crippen molar-refractivity contribution in [2.45, 2.75) is 23.9 Å². The number of thiazole rings is 2. The summed E-state index contributed by atoms with van der Waals surface area (Å²) < 4.78 is 0.702. The summed E-state index contributed by atoms with van der Waals surface area (Å²) >= 11 is 4.31. The van der Waals surface area contributed by atoms with Crippen LogP contribution in [0.4, 0.5) is 10.9 Å². The smallest absolute Gasteiger partial charge is 0.192 e. The standard InChI is InChI=1S/C13H16N6O2S3/c1-6-15-8(4-22-6)5-23-13-18-10(16-7(2-20)3-21)9-11(19-13)17-12(14)24-9/h4,7,20-21H,2-3,5H2,1H3,(H3,14,16,17,18,19). The molecule has 0 saturated carbocycles. The summed E-state index contributed by atoms with van der Waals surface area (Å²) in [7, 11) is 0. The molecule has 3 aromatic heterocycles. The van der Waals surface area contributed by atoms with Gasteiger partial charge in [0.25, 0.3) is 0 Å². The van der Waals surface area contributed by atoms with Gasteiger partial charge in [-0.25, -0.2) is 19.9 Å². The first-order chi connectivity index (χ1) is 11.6. The van der Waals surface area contributed by atoms with Gasteiger partial charge >= 0.3 is 0 Å². The highest BCUT2D eigenvalue weighted by Crippen LogP contribution is 2.31. The van der Waals surface area contributed by atoms with Gasteiger partial charge in [0.1, 0.15) is 4.70 Å². The Bertz CT molecular complexity index is 832. The second-order valence-corrected chi connectivity index (χ2v) is 7.95. The van der Waals surface area contributed by atoms with Crippen LogP contribution in [0.3, 0.4) is 0 Å². The molecule has 24 heavy (non-hydrogen) atoms. The van der Waals surface area contributed by atoms with E-state index in [1.807, 2.05) is 12.3 Å². The van der Waals surface area contributed by atoms with Crippen LogP contribution in [0.25, 0.3) is 10.3 Å². The van der Waals surface area contributed by atoms with Gasteiger partial charge in [0.2, 0.25) is 0 Å². The zero-order chi connectivity index (χ0) is 17.1. The first kappa shape index (κ1) is 17.3. The number of rotatable bonds is 7. The molecule has 0 bridgehead atoms. The van der Waals surface area contributed by atoms with Gasteiger partial charge in [-0.15, -0.1) is 11.3 Å². The van der Waals surface area contributed by atoms with Crippen LogP contribution < -0.4 is 11.1 Å². The Labute approximate surface area is 150 Å². The number of aromatic nitrogens is 4. The van der Waals surface area contributed by atoms with Crippen molar-refractivity contribution < 1.29 is 10.2 Å². The summed E-state index contributed by atoms with van der Waals surface area (Å²) in [5.74, 6) is 1.16. The number of nitrogens with one attached hydrogen (secondary N) is 1. The van der Waals surface area contributed by atoms with Gasteiger partial charge in [-0.1, -0.05) is 23.1 Å². The van der Waals surface area contributed by atoms with Gasteiger partial charge < -0.3 is 21.3 Å². The summed E-state index contributed by atoms with van der Waals surface area (Å²) in [5, 5.41) is 25.5. The number of hydrogen-bond donors (Lipinski definition) is 4. The van der Waals surface area contributed by atoms with E-state index in [1.54, 1.807) is 11.3 Å². The lowest BCUT2D eigenvalue weighted by Crippen LogP contribution is -2.28. The Balaban J connectivity index is 1.87. The zero-order valence-corrected chi connectivity index (χ0v) is 15.2. The van der Waals surface area contributed by atoms with Gasteiger partial charge in [0, 0.05) is 11.1 Å². The maximum atomic E-state index is 9.27. The summed E-state index contributed by atoms with van der Waals surface area (Å²) in [6, 6.07) is -0.509. The lowest BCUT2D eigenvalue weighted by molar-refractivity contribution is 0.203. The number of hydrogen-bond acceptors (Lipinski definition) is 11. The monoisotopic (exact) mass is 384 g/mol. The third kappa shape index (κ3) is 3.92. The molecule has 0 aliphatic heterocycles. The normalized spacial score (nSPS) is 11.5. The fourth-order valence-corrected chi connectivity index (χ4v) is 4.11. The Morgan fingerprint density at radius 3 is 2.71 bits per heavy atom. The number of nitrogen functional groups attached to an aromatic ring is 1. The van der Waals surface area contributed by atoms with Crippen molar-refractivity contribution in [2.75, 3.05) is 24.3 Å². The van der Waals surface area contributed by atoms with Crippen LogP contribution in [-0.2, 0) is 5.75 Å². The zero-order valence-electron chi connectivity index (χ0n) is 12.8. The summed E-state index contributed by atoms with van der Waals surface area (Å²) in [4.78, 5) is 17.5. The number of aliphatic hydroxyl groups is 2. The molecule has 0 amide bonds. The second kappa shape index (κ2) is 7.57. The van der Waals surface area contributed by atoms with Crippen LogP contribution in [0.15, 0.2) is 10.5 Å². The minimum absolute atomic E-state index is 0.211. The maximum absolute atomic E-state index is 9.27. The lowest BCUT2D eigenvalue weighted by Gasteiger charge is -2.14. The minimum Gasteiger partial charge on any atom is -0.394 e. The highest BCUT2D eigenvalue weighted by molar-refractivity contribution is 7.98. The van der Waals surface area contributed by atoms with Crippen molar-refractivity contribution in [1.82, 2.24) is 19.9 Å². The molecule has 0 aliphatic rings. The van der Waals surface area contributed by atoms with E-state index in [4.69, 9.17) is 5.73 Å². The van der Waals surface area contributed by atoms with Crippen LogP contribution >= 0.6 is 34.4 Å². The van der Waals surface area contributed by atoms with E-state index in [0.717, 1.165) is 10.7 Å². The second-order valence-electron chi connectivity index (χ2n) is 4.91. The average Bonchev–Trinajstić information content (AvgIpc) is 3.15. The molecule has 128 valence electrons. The number of nitrogens with two attached hydrogens (primary N) is 1. The van der Waals surface area contributed by atoms with E-state index in [1.165, 1.54) is 23.1 Å². The maximum Gasteiger partial charge on any atom is 0.192 e. The van der Waals surface area contributed by atoms with Crippen molar-refractivity contribution >= 4 is 55.7 Å². The van der Waals surface area contributed by atoms with Gasteiger partial charge in [-0.2, -0.15) is 0 Å². The molecule has 11 heteroatoms. The van der Waals surface area contributed by atoms with Crippen LogP contribution in [-0.4, -0.2) is 49.4 Å². The van der Waals surface area contributed by atoms with E-state index in [0.29, 0.717) is 32.2 Å². The molecule has 0 aliphatic carbocycles. The molecule has 0 saturated heterocycles. The molecule has 8 nitrogen and oxygen atoms in total. The van der Waals surface area contributed by atoms with Crippen molar-refractivity contribution in [1.29, 1.82) is 0 Å². The van der Waals surface area contributed by atoms with Gasteiger partial charge in [0.15, 0.2) is 21.8 Å². The summed E-state index contributed by atoms with van der Waals surface area (Å²) in [6.07, 6.45) is 0. The van der Waals surface area contributed by atoms with Crippen molar-refractivity contribution in [3.8, 4) is 0 Å². The first-order valence-corrected chi connectivity index (χ1v) is 9.73. The van der Waals surface area contributed by atoms with E-state index in [2.05, 4.69) is 25.3 Å². The topological polar surface area (TPSA) is 130 Å². The third-order valence-corrected chi connectivity index (χ3v) is 5.63. The third-order valence-electron chi connectivity index (χ3n) is 3.05. The molecule has 3 rings (SSSR count). The molecule has 0 atom stereocenters. The van der Waals surface area contributed by atoms with Crippen LogP contribution in [0.5, 0.6) is 0 Å². The fraction of sp³-hybridized carbons (Fsp3) is 0.385. The number of anilines is 2.